The van der Waals surface area contributed by atoms with Gasteiger partial charge in [0.1, 0.15) is 5.69 Å². The van der Waals surface area contributed by atoms with Crippen molar-refractivity contribution < 1.29 is 9.59 Å². The van der Waals surface area contributed by atoms with E-state index in [0.29, 0.717) is 36.2 Å². The molecule has 2 rings (SSSR count). The number of ketones is 1. The first kappa shape index (κ1) is 18.7. The Morgan fingerprint density at radius 3 is 2.67 bits per heavy atom. The molecule has 0 spiro atoms. The Kier molecular flexibility index (Phi) is 6.21. The molecule has 1 aliphatic rings. The van der Waals surface area contributed by atoms with E-state index in [1.807, 2.05) is 13.8 Å². The van der Waals surface area contributed by atoms with E-state index in [-0.39, 0.29) is 11.7 Å². The number of likely N-dealkylation sites (tertiary alicyclic amines) is 1. The molecule has 24 heavy (non-hydrogen) atoms. The maximum atomic E-state index is 12.6. The number of H-pyrrole nitrogens is 1. The second kappa shape index (κ2) is 7.97. The summed E-state index contributed by atoms with van der Waals surface area (Å²) < 4.78 is 0. The van der Waals surface area contributed by atoms with Gasteiger partial charge in [-0.15, -0.1) is 0 Å². The van der Waals surface area contributed by atoms with Crippen molar-refractivity contribution in [2.45, 2.75) is 59.9 Å². The van der Waals surface area contributed by atoms with Gasteiger partial charge in [-0.3, -0.25) is 9.59 Å². The number of aryl methyl sites for hydroxylation is 1. The summed E-state index contributed by atoms with van der Waals surface area (Å²) in [4.78, 5) is 30.0. The number of hydrogen-bond acceptors (Lipinski definition) is 3. The fourth-order valence-corrected chi connectivity index (χ4v) is 3.76. The lowest BCUT2D eigenvalue weighted by atomic mass is 9.97. The summed E-state index contributed by atoms with van der Waals surface area (Å²) in [5, 5.41) is 3.07. The second-order valence-electron chi connectivity index (χ2n) is 7.20. The van der Waals surface area contributed by atoms with Crippen molar-refractivity contribution in [1.82, 2.24) is 15.2 Å². The monoisotopic (exact) mass is 333 g/mol. The Hall–Kier alpha value is -1.62. The number of carbonyl (C=O) groups is 2. The molecule has 0 aromatic carbocycles. The van der Waals surface area contributed by atoms with E-state index in [2.05, 4.69) is 29.0 Å². The van der Waals surface area contributed by atoms with Gasteiger partial charge >= 0.3 is 0 Å². The molecule has 134 valence electrons. The highest BCUT2D eigenvalue weighted by molar-refractivity contribution is 6.02. The van der Waals surface area contributed by atoms with Crippen LogP contribution in [0.1, 0.15) is 72.6 Å². The Balaban J connectivity index is 2.03. The van der Waals surface area contributed by atoms with Crippen LogP contribution in [0.3, 0.4) is 0 Å². The molecule has 1 saturated heterocycles. The molecule has 0 saturated carbocycles. The first-order valence-corrected chi connectivity index (χ1v) is 9.09. The number of hydrogen-bond donors (Lipinski definition) is 2. The lowest BCUT2D eigenvalue weighted by Crippen LogP contribution is -2.43. The molecule has 1 aromatic rings. The molecule has 1 amide bonds. The number of nitrogens with one attached hydrogen (secondary N) is 2. The SMILES string of the molecule is CCc1c(C(=O)NCC2CCCN(C(C)C)C2)[nH]c(C)c1C(C)=O. The van der Waals surface area contributed by atoms with Gasteiger partial charge in [-0.2, -0.15) is 0 Å². The normalized spacial score (nSPS) is 18.8. The molecule has 5 nitrogen and oxygen atoms in total. The zero-order valence-corrected chi connectivity index (χ0v) is 15.7. The van der Waals surface area contributed by atoms with Gasteiger partial charge in [0.15, 0.2) is 5.78 Å². The maximum Gasteiger partial charge on any atom is 0.268 e. The predicted molar refractivity (Wildman–Crippen MR) is 96.7 cm³/mol. The molecule has 0 aliphatic carbocycles. The number of aromatic nitrogens is 1. The summed E-state index contributed by atoms with van der Waals surface area (Å²) in [6.07, 6.45) is 3.02. The van der Waals surface area contributed by atoms with Gasteiger partial charge < -0.3 is 15.2 Å². The lowest BCUT2D eigenvalue weighted by molar-refractivity contribution is 0.0917. The van der Waals surface area contributed by atoms with Crippen LogP contribution < -0.4 is 5.32 Å². The third-order valence-corrected chi connectivity index (χ3v) is 5.06. The molecule has 0 bridgehead atoms. The Morgan fingerprint density at radius 1 is 1.38 bits per heavy atom. The predicted octanol–water partition coefficient (Wildman–Crippen LogP) is 2.94. The summed E-state index contributed by atoms with van der Waals surface area (Å²) in [7, 11) is 0. The van der Waals surface area contributed by atoms with E-state index in [9.17, 15) is 9.59 Å². The van der Waals surface area contributed by atoms with Gasteiger partial charge in [0.25, 0.3) is 5.91 Å². The van der Waals surface area contributed by atoms with Crippen LogP contribution >= 0.6 is 0 Å². The molecule has 1 fully saturated rings. The molecule has 1 atom stereocenters. The third-order valence-electron chi connectivity index (χ3n) is 5.06. The third kappa shape index (κ3) is 4.07. The van der Waals surface area contributed by atoms with E-state index >= 15 is 0 Å². The molecule has 0 radical (unpaired) electrons. The summed E-state index contributed by atoms with van der Waals surface area (Å²) >= 11 is 0. The molecular weight excluding hydrogens is 302 g/mol. The first-order chi connectivity index (χ1) is 11.3. The molecule has 1 unspecified atom stereocenters. The first-order valence-electron chi connectivity index (χ1n) is 9.09. The average Bonchev–Trinajstić information content (AvgIpc) is 2.89. The zero-order valence-electron chi connectivity index (χ0n) is 15.7. The number of carbonyl (C=O) groups excluding carboxylic acids is 2. The van der Waals surface area contributed by atoms with Crippen LogP contribution in [-0.4, -0.2) is 47.3 Å². The minimum atomic E-state index is -0.0934. The fraction of sp³-hybridized carbons (Fsp3) is 0.684. The molecule has 1 aliphatic heterocycles. The van der Waals surface area contributed by atoms with Crippen molar-refractivity contribution in [3.05, 3.63) is 22.5 Å². The molecule has 1 aromatic heterocycles. The van der Waals surface area contributed by atoms with Gasteiger partial charge in [-0.05, 0) is 65.0 Å². The number of rotatable bonds is 6. The summed E-state index contributed by atoms with van der Waals surface area (Å²) in [5.74, 6) is 0.419. The van der Waals surface area contributed by atoms with Crippen molar-refractivity contribution in [2.75, 3.05) is 19.6 Å². The van der Waals surface area contributed by atoms with E-state index < -0.39 is 0 Å². The van der Waals surface area contributed by atoms with Crippen LogP contribution in [0.5, 0.6) is 0 Å². The zero-order chi connectivity index (χ0) is 17.9. The van der Waals surface area contributed by atoms with Crippen LogP contribution in [0.2, 0.25) is 0 Å². The van der Waals surface area contributed by atoms with Crippen LogP contribution in [0, 0.1) is 12.8 Å². The fourth-order valence-electron chi connectivity index (χ4n) is 3.76. The summed E-state index contributed by atoms with van der Waals surface area (Å²) in [5.41, 5.74) is 2.85. The Labute approximate surface area is 145 Å². The van der Waals surface area contributed by atoms with Gasteiger partial charge in [-0.25, -0.2) is 0 Å². The smallest absolute Gasteiger partial charge is 0.268 e. The standard InChI is InChI=1S/C19H31N3O2/c1-6-16-17(14(5)23)13(4)21-18(16)19(24)20-10-15-8-7-9-22(11-15)12(2)3/h12,15,21H,6-11H2,1-5H3,(H,20,24). The van der Waals surface area contributed by atoms with Gasteiger partial charge in [-0.1, -0.05) is 6.92 Å². The van der Waals surface area contributed by atoms with Gasteiger partial charge in [0, 0.05) is 30.4 Å². The van der Waals surface area contributed by atoms with Crippen LogP contribution in [-0.2, 0) is 6.42 Å². The highest BCUT2D eigenvalue weighted by atomic mass is 16.2. The molecular formula is C19H31N3O2. The number of piperidine rings is 1. The van der Waals surface area contributed by atoms with Crippen LogP contribution in [0.25, 0.3) is 0 Å². The largest absolute Gasteiger partial charge is 0.354 e. The highest BCUT2D eigenvalue weighted by Crippen LogP contribution is 2.21. The van der Waals surface area contributed by atoms with Gasteiger partial charge in [0.05, 0.1) is 0 Å². The minimum absolute atomic E-state index is 0.0134. The highest BCUT2D eigenvalue weighted by Gasteiger charge is 2.24. The van der Waals surface area contributed by atoms with Crippen molar-refractivity contribution in [3.8, 4) is 0 Å². The van der Waals surface area contributed by atoms with Crippen molar-refractivity contribution >= 4 is 11.7 Å². The Bertz CT molecular complexity index is 604. The van der Waals surface area contributed by atoms with Crippen LogP contribution in [0.4, 0.5) is 0 Å². The molecule has 2 N–H and O–H groups in total. The quantitative estimate of drug-likeness (QED) is 0.787. The molecule has 2 heterocycles. The number of aromatic amines is 1. The van der Waals surface area contributed by atoms with E-state index in [1.54, 1.807) is 6.92 Å². The Morgan fingerprint density at radius 2 is 2.08 bits per heavy atom. The minimum Gasteiger partial charge on any atom is -0.354 e. The topological polar surface area (TPSA) is 65.2 Å². The lowest BCUT2D eigenvalue weighted by Gasteiger charge is -2.35. The van der Waals surface area contributed by atoms with E-state index in [4.69, 9.17) is 0 Å². The second-order valence-corrected chi connectivity index (χ2v) is 7.20. The summed E-state index contributed by atoms with van der Waals surface area (Å²) in [6, 6.07) is 0.555. The summed E-state index contributed by atoms with van der Waals surface area (Å²) in [6.45, 7) is 12.7. The van der Waals surface area contributed by atoms with E-state index in [0.717, 1.165) is 30.8 Å². The van der Waals surface area contributed by atoms with Gasteiger partial charge in [0.2, 0.25) is 0 Å². The van der Waals surface area contributed by atoms with Crippen molar-refractivity contribution in [3.63, 3.8) is 0 Å². The molecule has 5 heteroatoms. The average molecular weight is 333 g/mol. The van der Waals surface area contributed by atoms with Crippen LogP contribution in [0.15, 0.2) is 0 Å². The maximum absolute atomic E-state index is 12.6. The number of nitrogens with zero attached hydrogens (tertiary/aromatic N) is 1. The van der Waals surface area contributed by atoms with E-state index in [1.165, 1.54) is 6.42 Å². The van der Waals surface area contributed by atoms with Crippen molar-refractivity contribution in [1.29, 1.82) is 0 Å². The number of Topliss-reactive ketones (excluding diaryl/α,β-unsaturated/α-hetero) is 1. The van der Waals surface area contributed by atoms with Crippen molar-refractivity contribution in [2.24, 2.45) is 5.92 Å². The number of amides is 1.